The van der Waals surface area contributed by atoms with Crippen molar-refractivity contribution in [3.05, 3.63) is 24.3 Å². The van der Waals surface area contributed by atoms with E-state index in [1.54, 1.807) is 7.11 Å². The van der Waals surface area contributed by atoms with Gasteiger partial charge in [-0.15, -0.1) is 0 Å². The summed E-state index contributed by atoms with van der Waals surface area (Å²) in [5, 5.41) is 0. The zero-order chi connectivity index (χ0) is 16.7. The molecule has 1 fully saturated rings. The van der Waals surface area contributed by atoms with Crippen LogP contribution in [0.25, 0.3) is 0 Å². The van der Waals surface area contributed by atoms with Crippen LogP contribution in [0.3, 0.4) is 0 Å². The highest BCUT2D eigenvalue weighted by Crippen LogP contribution is 2.22. The Balaban J connectivity index is 1.65. The normalized spacial score (nSPS) is 20.8. The summed E-state index contributed by atoms with van der Waals surface area (Å²) in [7, 11) is 3.55. The summed E-state index contributed by atoms with van der Waals surface area (Å²) in [6, 6.07) is 8.14. The summed E-state index contributed by atoms with van der Waals surface area (Å²) in [6.45, 7) is 0.543. The molecule has 0 bridgehead atoms. The zero-order valence-electron chi connectivity index (χ0n) is 14.2. The third kappa shape index (κ3) is 5.43. The Morgan fingerprint density at radius 3 is 2.39 bits per heavy atom. The van der Waals surface area contributed by atoms with Crippen molar-refractivity contribution < 1.29 is 14.3 Å². The number of nitrogens with two attached hydrogens (primary N) is 1. The maximum Gasteiger partial charge on any atom is 0.222 e. The topological polar surface area (TPSA) is 64.8 Å². The fraction of sp³-hybridized carbons (Fsp3) is 0.611. The van der Waals surface area contributed by atoms with Gasteiger partial charge in [-0.25, -0.2) is 0 Å². The molecule has 23 heavy (non-hydrogen) atoms. The fourth-order valence-electron chi connectivity index (χ4n) is 2.95. The van der Waals surface area contributed by atoms with Gasteiger partial charge in [-0.3, -0.25) is 4.79 Å². The highest BCUT2D eigenvalue weighted by atomic mass is 16.5. The first kappa shape index (κ1) is 17.6. The molecule has 128 valence electrons. The molecule has 5 nitrogen and oxygen atoms in total. The molecule has 0 heterocycles. The van der Waals surface area contributed by atoms with E-state index in [0.717, 1.165) is 43.6 Å². The molecule has 5 heteroatoms. The number of benzene rings is 1. The molecule has 0 unspecified atom stereocenters. The molecule has 1 aliphatic carbocycles. The lowest BCUT2D eigenvalue weighted by atomic mass is 9.91. The lowest BCUT2D eigenvalue weighted by Gasteiger charge is -2.33. The predicted octanol–water partition coefficient (Wildman–Crippen LogP) is 2.58. The second-order valence-electron chi connectivity index (χ2n) is 6.20. The average molecular weight is 320 g/mol. The molecule has 2 rings (SSSR count). The first-order valence-corrected chi connectivity index (χ1v) is 8.38. The number of nitrogens with zero attached hydrogens (tertiary/aromatic N) is 1. The number of ether oxygens (including phenoxy) is 2. The van der Waals surface area contributed by atoms with Crippen LogP contribution in [0, 0.1) is 0 Å². The molecule has 0 spiro atoms. The van der Waals surface area contributed by atoms with Gasteiger partial charge in [-0.05, 0) is 56.4 Å². The van der Waals surface area contributed by atoms with Crippen molar-refractivity contribution in [3.63, 3.8) is 0 Å². The van der Waals surface area contributed by atoms with Crippen molar-refractivity contribution in [1.29, 1.82) is 0 Å². The van der Waals surface area contributed by atoms with Crippen molar-refractivity contribution in [2.24, 2.45) is 5.73 Å². The summed E-state index contributed by atoms with van der Waals surface area (Å²) >= 11 is 0. The Hall–Kier alpha value is -1.75. The maximum atomic E-state index is 12.2. The molecule has 1 aromatic rings. The van der Waals surface area contributed by atoms with E-state index in [1.165, 1.54) is 0 Å². The highest BCUT2D eigenvalue weighted by Gasteiger charge is 2.24. The summed E-state index contributed by atoms with van der Waals surface area (Å²) in [4.78, 5) is 14.1. The predicted molar refractivity (Wildman–Crippen MR) is 90.7 cm³/mol. The molecular weight excluding hydrogens is 292 g/mol. The number of hydrogen-bond acceptors (Lipinski definition) is 4. The van der Waals surface area contributed by atoms with Crippen LogP contribution in [-0.2, 0) is 4.79 Å². The highest BCUT2D eigenvalue weighted by molar-refractivity contribution is 5.76. The minimum Gasteiger partial charge on any atom is -0.497 e. The number of amides is 1. The number of rotatable bonds is 7. The number of carbonyl (C=O) groups excluding carboxylic acids is 1. The van der Waals surface area contributed by atoms with Gasteiger partial charge in [0.1, 0.15) is 11.5 Å². The summed E-state index contributed by atoms with van der Waals surface area (Å²) in [5.41, 5.74) is 5.92. The molecule has 0 aromatic heterocycles. The van der Waals surface area contributed by atoms with E-state index in [0.29, 0.717) is 25.1 Å². The van der Waals surface area contributed by atoms with Crippen molar-refractivity contribution >= 4 is 5.91 Å². The van der Waals surface area contributed by atoms with Gasteiger partial charge in [0, 0.05) is 25.6 Å². The minimum absolute atomic E-state index is 0.198. The molecule has 0 saturated heterocycles. The fourth-order valence-corrected chi connectivity index (χ4v) is 2.95. The summed E-state index contributed by atoms with van der Waals surface area (Å²) in [5.74, 6) is 1.80. The third-order valence-electron chi connectivity index (χ3n) is 4.55. The number of methoxy groups -OCH3 is 1. The summed E-state index contributed by atoms with van der Waals surface area (Å²) in [6.07, 6.45) is 5.32. The van der Waals surface area contributed by atoms with Gasteiger partial charge in [0.25, 0.3) is 0 Å². The lowest BCUT2D eigenvalue weighted by molar-refractivity contribution is -0.132. The first-order chi connectivity index (χ1) is 11.1. The van der Waals surface area contributed by atoms with Crippen molar-refractivity contribution in [2.75, 3.05) is 20.8 Å². The van der Waals surface area contributed by atoms with Crippen LogP contribution in [0.1, 0.15) is 38.5 Å². The van der Waals surface area contributed by atoms with Crippen LogP contribution in [0.2, 0.25) is 0 Å². The Morgan fingerprint density at radius 2 is 1.78 bits per heavy atom. The molecule has 1 aliphatic rings. The van der Waals surface area contributed by atoms with E-state index in [9.17, 15) is 4.79 Å². The molecule has 0 atom stereocenters. The number of carbonyl (C=O) groups is 1. The zero-order valence-corrected chi connectivity index (χ0v) is 14.2. The van der Waals surface area contributed by atoms with Crippen LogP contribution in [-0.4, -0.2) is 43.7 Å². The smallest absolute Gasteiger partial charge is 0.222 e. The van der Waals surface area contributed by atoms with Crippen molar-refractivity contribution in [3.8, 4) is 11.5 Å². The standard InChI is InChI=1S/C18H28N2O3/c1-20(15-7-5-14(19)6-8-15)18(21)4-3-13-23-17-11-9-16(22-2)10-12-17/h9-12,14-15H,3-8,13,19H2,1-2H3. The van der Waals surface area contributed by atoms with Crippen molar-refractivity contribution in [1.82, 2.24) is 4.90 Å². The second kappa shape index (κ2) is 8.77. The van der Waals surface area contributed by atoms with Crippen LogP contribution < -0.4 is 15.2 Å². The molecule has 2 N–H and O–H groups in total. The van der Waals surface area contributed by atoms with Gasteiger partial charge >= 0.3 is 0 Å². The van der Waals surface area contributed by atoms with Crippen molar-refractivity contribution in [2.45, 2.75) is 50.6 Å². The Bertz CT molecular complexity index is 482. The van der Waals surface area contributed by atoms with Gasteiger partial charge in [0.05, 0.1) is 13.7 Å². The SMILES string of the molecule is COc1ccc(OCCCC(=O)N(C)C2CCC(N)CC2)cc1. The van der Waals surface area contributed by atoms with E-state index in [-0.39, 0.29) is 5.91 Å². The van der Waals surface area contributed by atoms with Crippen LogP contribution in [0.5, 0.6) is 11.5 Å². The van der Waals surface area contributed by atoms with E-state index in [1.807, 2.05) is 36.2 Å². The number of hydrogen-bond donors (Lipinski definition) is 1. The van der Waals surface area contributed by atoms with Gasteiger partial charge in [-0.1, -0.05) is 0 Å². The maximum absolute atomic E-state index is 12.2. The van der Waals surface area contributed by atoms with E-state index in [4.69, 9.17) is 15.2 Å². The van der Waals surface area contributed by atoms with E-state index in [2.05, 4.69) is 0 Å². The monoisotopic (exact) mass is 320 g/mol. The first-order valence-electron chi connectivity index (χ1n) is 8.38. The Kier molecular flexibility index (Phi) is 6.71. The summed E-state index contributed by atoms with van der Waals surface area (Å²) < 4.78 is 10.8. The van der Waals surface area contributed by atoms with Crippen LogP contribution >= 0.6 is 0 Å². The van der Waals surface area contributed by atoms with E-state index < -0.39 is 0 Å². The quantitative estimate of drug-likeness (QED) is 0.784. The van der Waals surface area contributed by atoms with Crippen LogP contribution in [0.4, 0.5) is 0 Å². The van der Waals surface area contributed by atoms with Gasteiger partial charge in [0.15, 0.2) is 0 Å². The van der Waals surface area contributed by atoms with Gasteiger partial charge in [0.2, 0.25) is 5.91 Å². The molecule has 0 radical (unpaired) electrons. The minimum atomic E-state index is 0.198. The van der Waals surface area contributed by atoms with E-state index >= 15 is 0 Å². The third-order valence-corrected chi connectivity index (χ3v) is 4.55. The molecule has 0 aliphatic heterocycles. The Labute approximate surface area is 138 Å². The molecule has 1 saturated carbocycles. The van der Waals surface area contributed by atoms with Gasteiger partial charge in [-0.2, -0.15) is 0 Å². The lowest BCUT2D eigenvalue weighted by Crippen LogP contribution is -2.41. The van der Waals surface area contributed by atoms with Gasteiger partial charge < -0.3 is 20.1 Å². The molecule has 1 aromatic carbocycles. The second-order valence-corrected chi connectivity index (χ2v) is 6.20. The largest absolute Gasteiger partial charge is 0.497 e. The average Bonchev–Trinajstić information content (AvgIpc) is 2.59. The van der Waals surface area contributed by atoms with Crippen LogP contribution in [0.15, 0.2) is 24.3 Å². The Morgan fingerprint density at radius 1 is 1.17 bits per heavy atom. The molecular formula is C18H28N2O3. The molecule has 1 amide bonds.